The lowest BCUT2D eigenvalue weighted by Crippen LogP contribution is -2.12. The lowest BCUT2D eigenvalue weighted by atomic mass is 10.3. The Bertz CT molecular complexity index is 1240. The molecular formula is C19H16ClN5O2S2. The standard InChI is InChI=1S/C19H16ClN5O2S2/c1-13-11-18(25(23-13)15-5-3-2-4-6-15)22-14-7-9-16(10-8-14)29(26,27)24-19-21-12-17(20)28-19/h2-12,22H,1H3,(H,21,24). The van der Waals surface area contributed by atoms with Gasteiger partial charge in [-0.3, -0.25) is 4.72 Å². The number of para-hydroxylation sites is 1. The predicted molar refractivity (Wildman–Crippen MR) is 116 cm³/mol. The van der Waals surface area contributed by atoms with E-state index >= 15 is 0 Å². The van der Waals surface area contributed by atoms with Crippen LogP contribution >= 0.6 is 22.9 Å². The molecule has 0 atom stereocenters. The Morgan fingerprint density at radius 3 is 2.45 bits per heavy atom. The summed E-state index contributed by atoms with van der Waals surface area (Å²) >= 11 is 6.86. The molecule has 0 aliphatic heterocycles. The van der Waals surface area contributed by atoms with Gasteiger partial charge in [0.15, 0.2) is 5.13 Å². The summed E-state index contributed by atoms with van der Waals surface area (Å²) in [6.07, 6.45) is 1.40. The number of halogens is 1. The van der Waals surface area contributed by atoms with Crippen LogP contribution in [0.4, 0.5) is 16.6 Å². The highest BCUT2D eigenvalue weighted by molar-refractivity contribution is 7.93. The number of thiazole rings is 1. The van der Waals surface area contributed by atoms with Crippen LogP contribution in [0.15, 0.2) is 71.8 Å². The van der Waals surface area contributed by atoms with Gasteiger partial charge < -0.3 is 5.32 Å². The third-order valence-electron chi connectivity index (χ3n) is 3.97. The van der Waals surface area contributed by atoms with Gasteiger partial charge in [-0.25, -0.2) is 18.1 Å². The monoisotopic (exact) mass is 445 g/mol. The molecule has 0 fully saturated rings. The van der Waals surface area contributed by atoms with E-state index in [0.717, 1.165) is 34.2 Å². The number of aryl methyl sites for hydroxylation is 1. The van der Waals surface area contributed by atoms with Gasteiger partial charge in [0.2, 0.25) is 0 Å². The van der Waals surface area contributed by atoms with Crippen LogP contribution in [0.1, 0.15) is 5.69 Å². The molecule has 2 aromatic carbocycles. The smallest absolute Gasteiger partial charge is 0.263 e. The molecule has 148 valence electrons. The van der Waals surface area contributed by atoms with Crippen LogP contribution in [0.25, 0.3) is 5.69 Å². The molecule has 0 unspecified atom stereocenters. The first-order valence-corrected chi connectivity index (χ1v) is 11.2. The predicted octanol–water partition coefficient (Wildman–Crippen LogP) is 4.84. The maximum Gasteiger partial charge on any atom is 0.263 e. The van der Waals surface area contributed by atoms with Crippen LogP contribution in [0.2, 0.25) is 4.34 Å². The van der Waals surface area contributed by atoms with Crippen LogP contribution in [-0.2, 0) is 10.0 Å². The van der Waals surface area contributed by atoms with E-state index < -0.39 is 10.0 Å². The highest BCUT2D eigenvalue weighted by Gasteiger charge is 2.16. The van der Waals surface area contributed by atoms with E-state index in [1.807, 2.05) is 43.3 Å². The zero-order chi connectivity index (χ0) is 20.4. The lowest BCUT2D eigenvalue weighted by molar-refractivity contribution is 0.601. The van der Waals surface area contributed by atoms with Gasteiger partial charge in [-0.15, -0.1) is 0 Å². The van der Waals surface area contributed by atoms with Crippen molar-refractivity contribution in [1.29, 1.82) is 0 Å². The zero-order valence-electron chi connectivity index (χ0n) is 15.2. The van der Waals surface area contributed by atoms with Crippen molar-refractivity contribution in [3.05, 3.63) is 76.9 Å². The third-order valence-corrected chi connectivity index (χ3v) is 6.48. The summed E-state index contributed by atoms with van der Waals surface area (Å²) in [6.45, 7) is 1.91. The third kappa shape index (κ3) is 4.42. The normalized spacial score (nSPS) is 11.4. The van der Waals surface area contributed by atoms with Crippen molar-refractivity contribution in [2.45, 2.75) is 11.8 Å². The summed E-state index contributed by atoms with van der Waals surface area (Å²) in [5.41, 5.74) is 2.52. The second-order valence-electron chi connectivity index (χ2n) is 6.14. The molecule has 0 aliphatic rings. The Morgan fingerprint density at radius 2 is 1.79 bits per heavy atom. The molecule has 0 bridgehead atoms. The molecule has 0 radical (unpaired) electrons. The van der Waals surface area contributed by atoms with Crippen LogP contribution in [-0.4, -0.2) is 23.2 Å². The Hall–Kier alpha value is -2.88. The average molecular weight is 446 g/mol. The van der Waals surface area contributed by atoms with E-state index in [0.29, 0.717) is 4.34 Å². The van der Waals surface area contributed by atoms with Gasteiger partial charge >= 0.3 is 0 Å². The van der Waals surface area contributed by atoms with Crippen molar-refractivity contribution in [3.63, 3.8) is 0 Å². The molecule has 7 nitrogen and oxygen atoms in total. The highest BCUT2D eigenvalue weighted by atomic mass is 35.5. The number of hydrogen-bond acceptors (Lipinski definition) is 6. The molecule has 0 amide bonds. The minimum atomic E-state index is -3.74. The minimum absolute atomic E-state index is 0.127. The number of sulfonamides is 1. The van der Waals surface area contributed by atoms with E-state index in [1.54, 1.807) is 16.8 Å². The first kappa shape index (κ1) is 19.4. The molecule has 2 N–H and O–H groups in total. The fourth-order valence-corrected chi connectivity index (χ4v) is 4.75. The van der Waals surface area contributed by atoms with E-state index in [4.69, 9.17) is 11.6 Å². The number of rotatable bonds is 6. The van der Waals surface area contributed by atoms with E-state index in [1.165, 1.54) is 18.3 Å². The van der Waals surface area contributed by atoms with E-state index in [2.05, 4.69) is 20.1 Å². The minimum Gasteiger partial charge on any atom is -0.340 e. The molecule has 29 heavy (non-hydrogen) atoms. The van der Waals surface area contributed by atoms with Crippen molar-refractivity contribution < 1.29 is 8.42 Å². The summed E-state index contributed by atoms with van der Waals surface area (Å²) in [6, 6.07) is 18.1. The molecule has 2 heterocycles. The largest absolute Gasteiger partial charge is 0.340 e. The second kappa shape index (κ2) is 7.86. The summed E-state index contributed by atoms with van der Waals surface area (Å²) in [7, 11) is -3.74. The number of aromatic nitrogens is 3. The molecule has 0 saturated carbocycles. The van der Waals surface area contributed by atoms with Crippen molar-refractivity contribution in [2.24, 2.45) is 0 Å². The average Bonchev–Trinajstić information content (AvgIpc) is 3.27. The molecule has 4 aromatic rings. The number of nitrogens with zero attached hydrogens (tertiary/aromatic N) is 3. The van der Waals surface area contributed by atoms with Gasteiger partial charge in [0.05, 0.1) is 22.5 Å². The number of benzene rings is 2. The molecule has 0 aliphatic carbocycles. The first-order valence-electron chi connectivity index (χ1n) is 8.54. The Kier molecular flexibility index (Phi) is 5.27. The maximum atomic E-state index is 12.5. The first-order chi connectivity index (χ1) is 13.9. The van der Waals surface area contributed by atoms with Crippen LogP contribution in [0.3, 0.4) is 0 Å². The van der Waals surface area contributed by atoms with Gasteiger partial charge in [0.1, 0.15) is 10.2 Å². The number of nitrogens with one attached hydrogen (secondary N) is 2. The maximum absolute atomic E-state index is 12.5. The van der Waals surface area contributed by atoms with Crippen molar-refractivity contribution in [2.75, 3.05) is 10.0 Å². The van der Waals surface area contributed by atoms with Gasteiger partial charge in [-0.1, -0.05) is 41.1 Å². The summed E-state index contributed by atoms with van der Waals surface area (Å²) in [5, 5.41) is 8.02. The summed E-state index contributed by atoms with van der Waals surface area (Å²) < 4.78 is 29.6. The molecule has 4 rings (SSSR count). The quantitative estimate of drug-likeness (QED) is 0.443. The van der Waals surface area contributed by atoms with Crippen molar-refractivity contribution in [1.82, 2.24) is 14.8 Å². The molecular weight excluding hydrogens is 430 g/mol. The fraction of sp³-hybridized carbons (Fsp3) is 0.0526. The highest BCUT2D eigenvalue weighted by Crippen LogP contribution is 2.26. The van der Waals surface area contributed by atoms with Crippen LogP contribution < -0.4 is 10.0 Å². The van der Waals surface area contributed by atoms with E-state index in [-0.39, 0.29) is 10.0 Å². The van der Waals surface area contributed by atoms with Crippen LogP contribution in [0, 0.1) is 6.92 Å². The van der Waals surface area contributed by atoms with Crippen molar-refractivity contribution in [3.8, 4) is 5.69 Å². The molecule has 0 saturated heterocycles. The van der Waals surface area contributed by atoms with Crippen LogP contribution in [0.5, 0.6) is 0 Å². The summed E-state index contributed by atoms with van der Waals surface area (Å²) in [4.78, 5) is 4.04. The Morgan fingerprint density at radius 1 is 1.07 bits per heavy atom. The Balaban J connectivity index is 1.55. The number of anilines is 3. The lowest BCUT2D eigenvalue weighted by Gasteiger charge is -2.11. The zero-order valence-corrected chi connectivity index (χ0v) is 17.6. The van der Waals surface area contributed by atoms with Gasteiger partial charge in [-0.2, -0.15) is 5.10 Å². The molecule has 2 aromatic heterocycles. The van der Waals surface area contributed by atoms with E-state index in [9.17, 15) is 8.42 Å². The number of hydrogen-bond donors (Lipinski definition) is 2. The van der Waals surface area contributed by atoms with Crippen molar-refractivity contribution >= 4 is 49.6 Å². The molecule has 10 heteroatoms. The SMILES string of the molecule is Cc1cc(Nc2ccc(S(=O)(=O)Nc3ncc(Cl)s3)cc2)n(-c2ccccc2)n1. The molecule has 0 spiro atoms. The second-order valence-corrected chi connectivity index (χ2v) is 9.49. The fourth-order valence-electron chi connectivity index (χ4n) is 2.70. The van der Waals surface area contributed by atoms with Gasteiger partial charge in [-0.05, 0) is 43.3 Å². The Labute approximate surface area is 177 Å². The van der Waals surface area contributed by atoms with Gasteiger partial charge in [0.25, 0.3) is 10.0 Å². The topological polar surface area (TPSA) is 88.9 Å². The van der Waals surface area contributed by atoms with Gasteiger partial charge in [0, 0.05) is 11.8 Å². The summed E-state index contributed by atoms with van der Waals surface area (Å²) in [5.74, 6) is 0.778.